The van der Waals surface area contributed by atoms with Gasteiger partial charge in [0.05, 0.1) is 5.56 Å². The molecule has 0 atom stereocenters. The van der Waals surface area contributed by atoms with Crippen LogP contribution in [0.3, 0.4) is 0 Å². The van der Waals surface area contributed by atoms with E-state index in [1.165, 1.54) is 5.56 Å². The average Bonchev–Trinajstić information content (AvgIpc) is 2.73. The van der Waals surface area contributed by atoms with Gasteiger partial charge in [-0.05, 0) is 39.3 Å². The first-order valence-electron chi connectivity index (χ1n) is 7.55. The van der Waals surface area contributed by atoms with Gasteiger partial charge in [-0.25, -0.2) is 0 Å². The predicted molar refractivity (Wildman–Crippen MR) is 90.0 cm³/mol. The molecule has 0 aliphatic rings. The second kappa shape index (κ2) is 6.36. The molecule has 0 unspecified atom stereocenters. The number of amides is 1. The molecule has 2 rings (SSSR count). The smallest absolute Gasteiger partial charge is 0.253 e. The van der Waals surface area contributed by atoms with Gasteiger partial charge in [0, 0.05) is 30.0 Å². The fourth-order valence-electron chi connectivity index (χ4n) is 2.44. The van der Waals surface area contributed by atoms with Crippen molar-refractivity contribution in [1.82, 2.24) is 9.88 Å². The number of benzene rings is 1. The zero-order valence-corrected chi connectivity index (χ0v) is 13.8. The number of carbonyl (C=O) groups excluding carboxylic acids is 1. The quantitative estimate of drug-likeness (QED) is 0.891. The van der Waals surface area contributed by atoms with Crippen molar-refractivity contribution in [3.8, 4) is 0 Å². The molecule has 0 fully saturated rings. The van der Waals surface area contributed by atoms with Crippen molar-refractivity contribution in [2.24, 2.45) is 5.73 Å². The highest BCUT2D eigenvalue weighted by Crippen LogP contribution is 2.17. The first-order chi connectivity index (χ1) is 10.3. The monoisotopic (exact) mass is 299 g/mol. The molecule has 1 heterocycles. The van der Waals surface area contributed by atoms with Crippen molar-refractivity contribution in [2.45, 2.75) is 39.8 Å². The Bertz CT molecular complexity index is 651. The molecule has 1 amide bonds. The Hall–Kier alpha value is -2.07. The van der Waals surface area contributed by atoms with Gasteiger partial charge in [-0.3, -0.25) is 4.79 Å². The van der Waals surface area contributed by atoms with Crippen molar-refractivity contribution >= 4 is 5.91 Å². The van der Waals surface area contributed by atoms with E-state index in [2.05, 4.69) is 22.0 Å². The van der Waals surface area contributed by atoms with E-state index in [9.17, 15) is 4.79 Å². The number of nitrogens with two attached hydrogens (primary N) is 1. The van der Waals surface area contributed by atoms with Gasteiger partial charge in [0.25, 0.3) is 5.91 Å². The number of hydrogen-bond donors (Lipinski definition) is 2. The van der Waals surface area contributed by atoms with Gasteiger partial charge >= 0.3 is 0 Å². The average molecular weight is 299 g/mol. The topological polar surface area (TPSA) is 60.1 Å². The number of aryl methyl sites for hydroxylation is 1. The Labute approximate surface area is 132 Å². The minimum atomic E-state index is -0.411. The summed E-state index contributed by atoms with van der Waals surface area (Å²) in [5.41, 5.74) is 9.51. The summed E-state index contributed by atoms with van der Waals surface area (Å²) in [5.74, 6) is -0.0639. The number of hydrogen-bond acceptors (Lipinski definition) is 2. The van der Waals surface area contributed by atoms with E-state index in [0.29, 0.717) is 6.54 Å². The number of rotatable bonds is 5. The van der Waals surface area contributed by atoms with Crippen LogP contribution in [0.1, 0.15) is 41.2 Å². The zero-order valence-electron chi connectivity index (χ0n) is 13.8. The van der Waals surface area contributed by atoms with Gasteiger partial charge < -0.3 is 15.6 Å². The maximum Gasteiger partial charge on any atom is 0.253 e. The van der Waals surface area contributed by atoms with E-state index in [1.54, 1.807) is 0 Å². The van der Waals surface area contributed by atoms with E-state index in [0.717, 1.165) is 23.5 Å². The Kier molecular flexibility index (Phi) is 4.71. The Balaban J connectivity index is 2.18. The van der Waals surface area contributed by atoms with Gasteiger partial charge in [-0.1, -0.05) is 30.3 Å². The summed E-state index contributed by atoms with van der Waals surface area (Å²) in [7, 11) is 0. The van der Waals surface area contributed by atoms with Crippen LogP contribution in [-0.4, -0.2) is 22.6 Å². The molecule has 0 saturated heterocycles. The highest BCUT2D eigenvalue weighted by atomic mass is 16.1. The second-order valence-electron chi connectivity index (χ2n) is 6.53. The molecule has 0 spiro atoms. The number of aromatic nitrogens is 1. The Morgan fingerprint density at radius 2 is 1.86 bits per heavy atom. The SMILES string of the molecule is Cc1cc(C(=O)NCC(C)(C)N)c(C)n1Cc1ccccc1. The molecule has 0 saturated carbocycles. The van der Waals surface area contributed by atoms with Crippen molar-refractivity contribution in [3.05, 3.63) is 58.9 Å². The lowest BCUT2D eigenvalue weighted by Gasteiger charge is -2.18. The van der Waals surface area contributed by atoms with Crippen molar-refractivity contribution in [1.29, 1.82) is 0 Å². The number of carbonyl (C=O) groups is 1. The largest absolute Gasteiger partial charge is 0.350 e. The molecule has 118 valence electrons. The third kappa shape index (κ3) is 3.98. The molecule has 1 aromatic heterocycles. The van der Waals surface area contributed by atoms with Crippen molar-refractivity contribution in [2.75, 3.05) is 6.54 Å². The van der Waals surface area contributed by atoms with Crippen LogP contribution < -0.4 is 11.1 Å². The maximum absolute atomic E-state index is 12.4. The third-order valence-corrected chi connectivity index (χ3v) is 3.71. The van der Waals surface area contributed by atoms with Crippen LogP contribution in [0.4, 0.5) is 0 Å². The molecule has 3 N–H and O–H groups in total. The van der Waals surface area contributed by atoms with Gasteiger partial charge in [-0.15, -0.1) is 0 Å². The molecule has 0 aliphatic carbocycles. The van der Waals surface area contributed by atoms with Crippen molar-refractivity contribution < 1.29 is 4.79 Å². The van der Waals surface area contributed by atoms with Gasteiger partial charge in [0.15, 0.2) is 0 Å². The zero-order chi connectivity index (χ0) is 16.3. The lowest BCUT2D eigenvalue weighted by molar-refractivity contribution is 0.0945. The lowest BCUT2D eigenvalue weighted by atomic mass is 10.1. The molecule has 4 nitrogen and oxygen atoms in total. The van der Waals surface area contributed by atoms with E-state index in [-0.39, 0.29) is 5.91 Å². The van der Waals surface area contributed by atoms with Crippen LogP contribution in [0.15, 0.2) is 36.4 Å². The van der Waals surface area contributed by atoms with E-state index >= 15 is 0 Å². The summed E-state index contributed by atoms with van der Waals surface area (Å²) in [4.78, 5) is 12.4. The lowest BCUT2D eigenvalue weighted by Crippen LogP contribution is -2.45. The summed E-state index contributed by atoms with van der Waals surface area (Å²) in [6, 6.07) is 12.2. The summed E-state index contributed by atoms with van der Waals surface area (Å²) in [6.45, 7) is 9.03. The van der Waals surface area contributed by atoms with E-state index in [4.69, 9.17) is 5.73 Å². The highest BCUT2D eigenvalue weighted by Gasteiger charge is 2.18. The Morgan fingerprint density at radius 1 is 1.23 bits per heavy atom. The highest BCUT2D eigenvalue weighted by molar-refractivity contribution is 5.95. The van der Waals surface area contributed by atoms with Crippen LogP contribution in [0, 0.1) is 13.8 Å². The molecule has 0 bridgehead atoms. The van der Waals surface area contributed by atoms with Crippen LogP contribution in [-0.2, 0) is 6.54 Å². The Morgan fingerprint density at radius 3 is 2.45 bits per heavy atom. The van der Waals surface area contributed by atoms with Gasteiger partial charge in [-0.2, -0.15) is 0 Å². The third-order valence-electron chi connectivity index (χ3n) is 3.71. The van der Waals surface area contributed by atoms with Gasteiger partial charge in [0.1, 0.15) is 0 Å². The number of nitrogens with zero attached hydrogens (tertiary/aromatic N) is 1. The molecular formula is C18H25N3O. The van der Waals surface area contributed by atoms with E-state index < -0.39 is 5.54 Å². The van der Waals surface area contributed by atoms with Crippen LogP contribution in [0.2, 0.25) is 0 Å². The standard InChI is InChI=1S/C18H25N3O/c1-13-10-16(17(22)20-12-18(3,4)19)14(2)21(13)11-15-8-6-5-7-9-15/h5-10H,11-12,19H2,1-4H3,(H,20,22). The number of nitrogens with one attached hydrogen (secondary N) is 1. The summed E-state index contributed by atoms with van der Waals surface area (Å²) >= 11 is 0. The second-order valence-corrected chi connectivity index (χ2v) is 6.53. The van der Waals surface area contributed by atoms with Gasteiger partial charge in [0.2, 0.25) is 0 Å². The molecule has 2 aromatic rings. The first-order valence-corrected chi connectivity index (χ1v) is 7.55. The fourth-order valence-corrected chi connectivity index (χ4v) is 2.44. The minimum absolute atomic E-state index is 0.0639. The van der Waals surface area contributed by atoms with Crippen LogP contribution in [0.25, 0.3) is 0 Å². The molecule has 22 heavy (non-hydrogen) atoms. The first kappa shape index (κ1) is 16.3. The summed E-state index contributed by atoms with van der Waals surface area (Å²) < 4.78 is 2.16. The minimum Gasteiger partial charge on any atom is -0.350 e. The maximum atomic E-state index is 12.4. The summed E-state index contributed by atoms with van der Waals surface area (Å²) in [6.07, 6.45) is 0. The summed E-state index contributed by atoms with van der Waals surface area (Å²) in [5, 5.41) is 2.91. The van der Waals surface area contributed by atoms with E-state index in [1.807, 2.05) is 52.0 Å². The molecule has 4 heteroatoms. The van der Waals surface area contributed by atoms with Crippen molar-refractivity contribution in [3.63, 3.8) is 0 Å². The fraction of sp³-hybridized carbons (Fsp3) is 0.389. The molecule has 1 aromatic carbocycles. The van der Waals surface area contributed by atoms with Crippen LogP contribution >= 0.6 is 0 Å². The molecular weight excluding hydrogens is 274 g/mol. The molecule has 0 aliphatic heterocycles. The normalized spacial score (nSPS) is 11.5. The van der Waals surface area contributed by atoms with Crippen LogP contribution in [0.5, 0.6) is 0 Å². The molecule has 0 radical (unpaired) electrons. The predicted octanol–water partition coefficient (Wildman–Crippen LogP) is 2.62.